The number of guanidine groups is 1. The van der Waals surface area contributed by atoms with E-state index < -0.39 is 0 Å². The van der Waals surface area contributed by atoms with Crippen LogP contribution in [0, 0.1) is 6.92 Å². The number of aliphatic imine (C=N–C) groups is 1. The molecule has 1 fully saturated rings. The van der Waals surface area contributed by atoms with Crippen LogP contribution in [0.15, 0.2) is 23.2 Å². The predicted octanol–water partition coefficient (Wildman–Crippen LogP) is 2.17. The number of aryl methyl sites for hydroxylation is 1. The van der Waals surface area contributed by atoms with Crippen molar-refractivity contribution in [2.75, 3.05) is 47.5 Å². The first-order valence-electron chi connectivity index (χ1n) is 9.41. The first-order chi connectivity index (χ1) is 12.5. The number of nitrogens with one attached hydrogen (secondary N) is 2. The van der Waals surface area contributed by atoms with Crippen molar-refractivity contribution in [2.24, 2.45) is 4.99 Å². The summed E-state index contributed by atoms with van der Waals surface area (Å²) in [6, 6.07) is 6.23. The quantitative estimate of drug-likeness (QED) is 0.575. The average Bonchev–Trinajstić information content (AvgIpc) is 2.65. The Balaban J connectivity index is 2.06. The summed E-state index contributed by atoms with van der Waals surface area (Å²) < 4.78 is 11.0. The Morgan fingerprint density at radius 3 is 2.62 bits per heavy atom. The van der Waals surface area contributed by atoms with Crippen molar-refractivity contribution in [1.29, 1.82) is 0 Å². The summed E-state index contributed by atoms with van der Waals surface area (Å²) in [6.45, 7) is 8.03. The summed E-state index contributed by atoms with van der Waals surface area (Å²) in [5.41, 5.74) is 2.38. The maximum atomic E-state index is 5.56. The molecule has 6 nitrogen and oxygen atoms in total. The van der Waals surface area contributed by atoms with Crippen LogP contribution in [-0.2, 0) is 11.3 Å². The van der Waals surface area contributed by atoms with Crippen molar-refractivity contribution < 1.29 is 9.47 Å². The molecular weight excluding hydrogens is 328 g/mol. The number of nitrogens with zero attached hydrogens (tertiary/aromatic N) is 2. The third kappa shape index (κ3) is 5.35. The van der Waals surface area contributed by atoms with Crippen molar-refractivity contribution in [2.45, 2.75) is 38.8 Å². The van der Waals surface area contributed by atoms with Gasteiger partial charge in [0.25, 0.3) is 0 Å². The smallest absolute Gasteiger partial charge is 0.191 e. The summed E-state index contributed by atoms with van der Waals surface area (Å²) in [6.07, 6.45) is 2.05. The molecule has 1 aliphatic rings. The van der Waals surface area contributed by atoms with Gasteiger partial charge in [-0.25, -0.2) is 4.99 Å². The van der Waals surface area contributed by atoms with E-state index in [0.717, 1.165) is 56.4 Å². The van der Waals surface area contributed by atoms with Gasteiger partial charge in [-0.05, 0) is 52.4 Å². The number of ether oxygens (including phenoxy) is 2. The Hall–Kier alpha value is -1.79. The molecule has 1 saturated heterocycles. The minimum Gasteiger partial charge on any atom is -0.496 e. The van der Waals surface area contributed by atoms with Crippen molar-refractivity contribution in [1.82, 2.24) is 15.5 Å². The van der Waals surface area contributed by atoms with E-state index in [9.17, 15) is 0 Å². The van der Waals surface area contributed by atoms with Crippen molar-refractivity contribution in [3.63, 3.8) is 0 Å². The highest BCUT2D eigenvalue weighted by molar-refractivity contribution is 5.79. The highest BCUT2D eigenvalue weighted by Gasteiger charge is 2.34. The fourth-order valence-electron chi connectivity index (χ4n) is 3.27. The Kier molecular flexibility index (Phi) is 7.72. The van der Waals surface area contributed by atoms with Crippen molar-refractivity contribution in [3.05, 3.63) is 29.3 Å². The molecule has 0 atom stereocenters. The second-order valence-corrected chi connectivity index (χ2v) is 7.10. The number of benzene rings is 1. The first-order valence-corrected chi connectivity index (χ1v) is 9.41. The van der Waals surface area contributed by atoms with Crippen LogP contribution in [-0.4, -0.2) is 63.9 Å². The molecule has 0 saturated carbocycles. The van der Waals surface area contributed by atoms with Crippen molar-refractivity contribution in [3.8, 4) is 5.75 Å². The van der Waals surface area contributed by atoms with E-state index >= 15 is 0 Å². The lowest BCUT2D eigenvalue weighted by atomic mass is 9.88. The summed E-state index contributed by atoms with van der Waals surface area (Å²) in [5.74, 6) is 1.72. The van der Waals surface area contributed by atoms with Gasteiger partial charge in [0.2, 0.25) is 0 Å². The molecule has 2 N–H and O–H groups in total. The second-order valence-electron chi connectivity index (χ2n) is 7.10. The number of hydrogen-bond donors (Lipinski definition) is 2. The Labute approximate surface area is 158 Å². The zero-order chi connectivity index (χ0) is 19.0. The third-order valence-electron chi connectivity index (χ3n) is 5.15. The molecule has 0 spiro atoms. The van der Waals surface area contributed by atoms with Crippen LogP contribution in [0.25, 0.3) is 0 Å². The van der Waals surface area contributed by atoms with Gasteiger partial charge in [0, 0.05) is 37.4 Å². The molecule has 0 aliphatic carbocycles. The van der Waals surface area contributed by atoms with Gasteiger partial charge >= 0.3 is 0 Å². The number of methoxy groups -OCH3 is 1. The van der Waals surface area contributed by atoms with E-state index in [4.69, 9.17) is 14.5 Å². The molecular formula is C20H34N4O2. The molecule has 2 rings (SSSR count). The van der Waals surface area contributed by atoms with E-state index in [1.54, 1.807) is 7.11 Å². The minimum absolute atomic E-state index is 0.107. The molecule has 0 amide bonds. The van der Waals surface area contributed by atoms with Gasteiger partial charge in [0.05, 0.1) is 13.7 Å². The van der Waals surface area contributed by atoms with Crippen LogP contribution < -0.4 is 15.4 Å². The van der Waals surface area contributed by atoms with Gasteiger partial charge in [-0.1, -0.05) is 12.1 Å². The van der Waals surface area contributed by atoms with Gasteiger partial charge < -0.3 is 25.0 Å². The molecule has 1 aromatic carbocycles. The Morgan fingerprint density at radius 2 is 2.00 bits per heavy atom. The largest absolute Gasteiger partial charge is 0.496 e. The van der Waals surface area contributed by atoms with Crippen molar-refractivity contribution >= 4 is 5.96 Å². The number of hydrogen-bond acceptors (Lipinski definition) is 4. The maximum Gasteiger partial charge on any atom is 0.191 e. The van der Waals surface area contributed by atoms with Gasteiger partial charge in [0.15, 0.2) is 5.96 Å². The summed E-state index contributed by atoms with van der Waals surface area (Å²) in [4.78, 5) is 7.08. The van der Waals surface area contributed by atoms with Crippen LogP contribution in [0.4, 0.5) is 0 Å². The first kappa shape index (κ1) is 20.5. The van der Waals surface area contributed by atoms with Crippen LogP contribution in [0.3, 0.4) is 0 Å². The van der Waals surface area contributed by atoms with Gasteiger partial charge in [-0.2, -0.15) is 0 Å². The molecule has 6 heteroatoms. The van der Waals surface area contributed by atoms with Crippen LogP contribution in [0.5, 0.6) is 5.75 Å². The molecule has 26 heavy (non-hydrogen) atoms. The molecule has 1 aliphatic heterocycles. The lowest BCUT2D eigenvalue weighted by Crippen LogP contribution is -2.57. The lowest BCUT2D eigenvalue weighted by molar-refractivity contribution is -0.00501. The molecule has 0 bridgehead atoms. The van der Waals surface area contributed by atoms with Crippen LogP contribution in [0.1, 0.15) is 30.9 Å². The maximum absolute atomic E-state index is 5.56. The SMILES string of the molecule is CCNC(=NCc1ccc(C)cc1OC)NCC1(N(C)C)CCOCC1. The molecule has 0 aromatic heterocycles. The monoisotopic (exact) mass is 362 g/mol. The Bertz CT molecular complexity index is 595. The second kappa shape index (κ2) is 9.78. The average molecular weight is 363 g/mol. The zero-order valence-corrected chi connectivity index (χ0v) is 16.9. The zero-order valence-electron chi connectivity index (χ0n) is 16.9. The highest BCUT2D eigenvalue weighted by Crippen LogP contribution is 2.25. The standard InChI is InChI=1S/C20H34N4O2/c1-6-21-19(22-14-17-8-7-16(2)13-18(17)25-5)23-15-20(24(3)4)9-11-26-12-10-20/h7-8,13H,6,9-12,14-15H2,1-5H3,(H2,21,22,23). The van der Waals surface area contributed by atoms with E-state index in [2.05, 4.69) is 55.6 Å². The molecule has 1 aromatic rings. The van der Waals surface area contributed by atoms with Gasteiger partial charge in [-0.3, -0.25) is 0 Å². The fourth-order valence-corrected chi connectivity index (χ4v) is 3.27. The third-order valence-corrected chi connectivity index (χ3v) is 5.15. The van der Waals surface area contributed by atoms with E-state index in [0.29, 0.717) is 6.54 Å². The molecule has 0 unspecified atom stereocenters. The summed E-state index contributed by atoms with van der Waals surface area (Å²) in [7, 11) is 6.00. The number of rotatable bonds is 7. The van der Waals surface area contributed by atoms with Crippen LogP contribution in [0.2, 0.25) is 0 Å². The molecule has 0 radical (unpaired) electrons. The highest BCUT2D eigenvalue weighted by atomic mass is 16.5. The van der Waals surface area contributed by atoms with E-state index in [1.807, 2.05) is 6.07 Å². The van der Waals surface area contributed by atoms with Gasteiger partial charge in [-0.15, -0.1) is 0 Å². The topological polar surface area (TPSA) is 58.1 Å². The lowest BCUT2D eigenvalue weighted by Gasteiger charge is -2.43. The molecule has 1 heterocycles. The molecule has 146 valence electrons. The fraction of sp³-hybridized carbons (Fsp3) is 0.650. The summed E-state index contributed by atoms with van der Waals surface area (Å²) in [5, 5.41) is 6.88. The van der Waals surface area contributed by atoms with E-state index in [1.165, 1.54) is 5.56 Å². The predicted molar refractivity (Wildman–Crippen MR) is 107 cm³/mol. The Morgan fingerprint density at radius 1 is 1.27 bits per heavy atom. The minimum atomic E-state index is 0.107. The number of likely N-dealkylation sites (N-methyl/N-ethyl adjacent to an activating group) is 1. The van der Waals surface area contributed by atoms with Crippen LogP contribution >= 0.6 is 0 Å². The van der Waals surface area contributed by atoms with Gasteiger partial charge in [0.1, 0.15) is 5.75 Å². The normalized spacial score (nSPS) is 17.2. The van der Waals surface area contributed by atoms with E-state index in [-0.39, 0.29) is 5.54 Å². The summed E-state index contributed by atoms with van der Waals surface area (Å²) >= 11 is 0.